The molecule has 2 aliphatic carbocycles. The summed E-state index contributed by atoms with van der Waals surface area (Å²) in [6, 6.07) is 14.7. The van der Waals surface area contributed by atoms with E-state index in [0.717, 1.165) is 36.5 Å². The van der Waals surface area contributed by atoms with Gasteiger partial charge in [0.05, 0.1) is 0 Å². The molecule has 2 aromatic carbocycles. The number of rotatable bonds is 8. The first-order chi connectivity index (χ1) is 15.7. The van der Waals surface area contributed by atoms with Gasteiger partial charge in [-0.25, -0.2) is 4.39 Å². The number of benzene rings is 2. The van der Waals surface area contributed by atoms with Crippen molar-refractivity contribution in [2.75, 3.05) is 13.7 Å². The van der Waals surface area contributed by atoms with Gasteiger partial charge in [-0.15, -0.1) is 0 Å². The summed E-state index contributed by atoms with van der Waals surface area (Å²) in [5, 5.41) is 0. The highest BCUT2D eigenvalue weighted by molar-refractivity contribution is 5.65. The molecule has 0 atom stereocenters. The zero-order valence-corrected chi connectivity index (χ0v) is 20.1. The second-order valence-corrected chi connectivity index (χ2v) is 10.4. The monoisotopic (exact) mass is 436 g/mol. The molecule has 32 heavy (non-hydrogen) atoms. The van der Waals surface area contributed by atoms with Crippen LogP contribution in [0, 0.1) is 17.7 Å². The summed E-state index contributed by atoms with van der Waals surface area (Å²) >= 11 is 0. The molecule has 174 valence electrons. The Kier molecular flexibility index (Phi) is 8.41. The Hall–Kier alpha value is -1.67. The predicted octanol–water partition coefficient (Wildman–Crippen LogP) is 8.88. The SMILES string of the molecule is CCCCC1CCC(c2ccc(-c3ccc(C4CCC(COC)CC4)cc3F)cc2)CC1. The summed E-state index contributed by atoms with van der Waals surface area (Å²) in [4.78, 5) is 0. The third-order valence-electron chi connectivity index (χ3n) is 8.22. The molecule has 0 spiro atoms. The van der Waals surface area contributed by atoms with Crippen LogP contribution in [0.2, 0.25) is 0 Å². The molecule has 0 heterocycles. The van der Waals surface area contributed by atoms with Gasteiger partial charge in [0.2, 0.25) is 0 Å². The van der Waals surface area contributed by atoms with Crippen LogP contribution in [0.15, 0.2) is 42.5 Å². The number of ether oxygens (including phenoxy) is 1. The topological polar surface area (TPSA) is 9.23 Å². The van der Waals surface area contributed by atoms with Crippen LogP contribution in [-0.2, 0) is 4.74 Å². The molecule has 2 saturated carbocycles. The summed E-state index contributed by atoms with van der Waals surface area (Å²) < 4.78 is 20.4. The molecule has 0 aromatic heterocycles. The fourth-order valence-corrected chi connectivity index (χ4v) is 6.13. The Morgan fingerprint density at radius 2 is 1.38 bits per heavy atom. The third kappa shape index (κ3) is 5.81. The van der Waals surface area contributed by atoms with E-state index in [-0.39, 0.29) is 5.82 Å². The van der Waals surface area contributed by atoms with Crippen molar-refractivity contribution in [3.8, 4) is 11.1 Å². The fraction of sp³-hybridized carbons (Fsp3) is 0.600. The summed E-state index contributed by atoms with van der Waals surface area (Å²) in [6.07, 6.45) is 14.1. The van der Waals surface area contributed by atoms with Crippen LogP contribution in [0.4, 0.5) is 4.39 Å². The maximum Gasteiger partial charge on any atom is 0.131 e. The Morgan fingerprint density at radius 3 is 1.97 bits per heavy atom. The minimum Gasteiger partial charge on any atom is -0.384 e. The molecule has 0 bridgehead atoms. The average molecular weight is 437 g/mol. The van der Waals surface area contributed by atoms with Crippen molar-refractivity contribution < 1.29 is 9.13 Å². The Morgan fingerprint density at radius 1 is 0.781 bits per heavy atom. The van der Waals surface area contributed by atoms with Gasteiger partial charge in [-0.2, -0.15) is 0 Å². The van der Waals surface area contributed by atoms with Gasteiger partial charge in [-0.05, 0) is 97.8 Å². The number of unbranched alkanes of at least 4 members (excludes halogenated alkanes) is 1. The van der Waals surface area contributed by atoms with Crippen LogP contribution < -0.4 is 0 Å². The number of halogens is 1. The van der Waals surface area contributed by atoms with E-state index in [1.54, 1.807) is 13.2 Å². The van der Waals surface area contributed by atoms with Crippen molar-refractivity contribution in [2.24, 2.45) is 11.8 Å². The highest BCUT2D eigenvalue weighted by Crippen LogP contribution is 2.39. The zero-order chi connectivity index (χ0) is 22.3. The first-order valence-electron chi connectivity index (χ1n) is 13.1. The molecule has 0 amide bonds. The zero-order valence-electron chi connectivity index (χ0n) is 20.1. The second-order valence-electron chi connectivity index (χ2n) is 10.4. The van der Waals surface area contributed by atoms with Crippen LogP contribution in [-0.4, -0.2) is 13.7 Å². The highest BCUT2D eigenvalue weighted by atomic mass is 19.1. The normalized spacial score (nSPS) is 26.2. The quantitative estimate of drug-likeness (QED) is 0.401. The molecule has 2 aromatic rings. The van der Waals surface area contributed by atoms with Crippen molar-refractivity contribution in [1.29, 1.82) is 0 Å². The van der Waals surface area contributed by atoms with E-state index in [0.29, 0.717) is 17.8 Å². The van der Waals surface area contributed by atoms with Crippen molar-refractivity contribution in [2.45, 2.75) is 89.4 Å². The molecule has 2 aliphatic rings. The van der Waals surface area contributed by atoms with Gasteiger partial charge in [-0.3, -0.25) is 0 Å². The summed E-state index contributed by atoms with van der Waals surface area (Å²) in [7, 11) is 1.78. The smallest absolute Gasteiger partial charge is 0.131 e. The molecule has 0 aliphatic heterocycles. The maximum absolute atomic E-state index is 15.1. The number of hydrogen-bond donors (Lipinski definition) is 0. The Labute approximate surface area is 194 Å². The van der Waals surface area contributed by atoms with Gasteiger partial charge < -0.3 is 4.74 Å². The molecule has 1 nitrogen and oxygen atoms in total. The molecule has 2 heteroatoms. The molecular weight excluding hydrogens is 395 g/mol. The summed E-state index contributed by atoms with van der Waals surface area (Å²) in [5.41, 5.74) is 4.33. The van der Waals surface area contributed by atoms with Crippen LogP contribution in [0.3, 0.4) is 0 Å². The Bertz CT molecular complexity index is 826. The lowest BCUT2D eigenvalue weighted by molar-refractivity contribution is 0.127. The van der Waals surface area contributed by atoms with Crippen LogP contribution in [0.1, 0.15) is 101 Å². The van der Waals surface area contributed by atoms with Gasteiger partial charge in [0.1, 0.15) is 5.82 Å². The molecule has 0 radical (unpaired) electrons. The molecule has 2 fully saturated rings. The molecule has 0 unspecified atom stereocenters. The van der Waals surface area contributed by atoms with E-state index in [1.807, 2.05) is 6.07 Å². The predicted molar refractivity (Wildman–Crippen MR) is 133 cm³/mol. The maximum atomic E-state index is 15.1. The lowest BCUT2D eigenvalue weighted by Gasteiger charge is -2.29. The first kappa shape index (κ1) is 23.5. The van der Waals surface area contributed by atoms with Gasteiger partial charge in [-0.1, -0.05) is 62.6 Å². The van der Waals surface area contributed by atoms with Crippen LogP contribution in [0.5, 0.6) is 0 Å². The first-order valence-corrected chi connectivity index (χ1v) is 13.1. The lowest BCUT2D eigenvalue weighted by atomic mass is 9.77. The van der Waals surface area contributed by atoms with Crippen molar-refractivity contribution >= 4 is 0 Å². The van der Waals surface area contributed by atoms with Crippen LogP contribution >= 0.6 is 0 Å². The lowest BCUT2D eigenvalue weighted by Crippen LogP contribution is -2.17. The van der Waals surface area contributed by atoms with Gasteiger partial charge in [0.15, 0.2) is 0 Å². The standard InChI is InChI=1S/C30H41FO/c1-3-4-5-22-6-10-24(11-7-22)25-14-16-27(17-15-25)29-19-18-28(20-30(29)31)26-12-8-23(9-13-26)21-32-2/h14-20,22-24,26H,3-13,21H2,1-2H3. The van der Waals surface area contributed by atoms with Gasteiger partial charge in [0, 0.05) is 19.3 Å². The van der Waals surface area contributed by atoms with E-state index in [1.165, 1.54) is 68.9 Å². The number of methoxy groups -OCH3 is 1. The molecule has 4 rings (SSSR count). The third-order valence-corrected chi connectivity index (χ3v) is 8.22. The molecule has 0 N–H and O–H groups in total. The Balaban J connectivity index is 1.36. The fourth-order valence-electron chi connectivity index (χ4n) is 6.13. The van der Waals surface area contributed by atoms with Gasteiger partial charge in [0.25, 0.3) is 0 Å². The van der Waals surface area contributed by atoms with Crippen LogP contribution in [0.25, 0.3) is 11.1 Å². The van der Waals surface area contributed by atoms with E-state index in [2.05, 4.69) is 37.3 Å². The minimum absolute atomic E-state index is 0.0781. The average Bonchev–Trinajstić information content (AvgIpc) is 2.84. The van der Waals surface area contributed by atoms with E-state index in [9.17, 15) is 0 Å². The van der Waals surface area contributed by atoms with Crippen molar-refractivity contribution in [3.05, 3.63) is 59.4 Å². The van der Waals surface area contributed by atoms with E-state index >= 15 is 4.39 Å². The number of hydrogen-bond acceptors (Lipinski definition) is 1. The van der Waals surface area contributed by atoms with Crippen molar-refractivity contribution in [1.82, 2.24) is 0 Å². The van der Waals surface area contributed by atoms with Gasteiger partial charge >= 0.3 is 0 Å². The largest absolute Gasteiger partial charge is 0.384 e. The molecular formula is C30H41FO. The van der Waals surface area contributed by atoms with E-state index < -0.39 is 0 Å². The minimum atomic E-state index is -0.0781. The highest BCUT2D eigenvalue weighted by Gasteiger charge is 2.24. The van der Waals surface area contributed by atoms with Crippen molar-refractivity contribution in [3.63, 3.8) is 0 Å². The summed E-state index contributed by atoms with van der Waals surface area (Å²) in [5.74, 6) is 2.70. The second kappa shape index (κ2) is 11.5. The molecule has 0 saturated heterocycles. The summed E-state index contributed by atoms with van der Waals surface area (Å²) in [6.45, 7) is 3.15. The van der Waals surface area contributed by atoms with E-state index in [4.69, 9.17) is 4.74 Å².